The molecular weight excluding hydrogens is 622 g/mol. The minimum absolute atomic E-state index is 0.00450. The molecule has 0 unspecified atom stereocenters. The molecule has 0 bridgehead atoms. The van der Waals surface area contributed by atoms with Gasteiger partial charge in [0.15, 0.2) is 5.65 Å². The van der Waals surface area contributed by atoms with Gasteiger partial charge in [0.2, 0.25) is 5.91 Å². The number of likely N-dealkylation sites (tertiary alicyclic amines) is 2. The highest BCUT2D eigenvalue weighted by Crippen LogP contribution is 2.35. The zero-order valence-electron chi connectivity index (χ0n) is 28.0. The number of carboxylic acid groups (broad SMARTS) is 1. The molecule has 4 aromatic rings. The molecule has 3 saturated heterocycles. The van der Waals surface area contributed by atoms with Crippen molar-refractivity contribution in [3.8, 4) is 5.69 Å². The van der Waals surface area contributed by atoms with E-state index in [1.54, 1.807) is 11.0 Å². The number of piperazine rings is 1. The summed E-state index contributed by atoms with van der Waals surface area (Å²) in [5, 5.41) is 21.7. The van der Waals surface area contributed by atoms with Crippen LogP contribution in [0.3, 0.4) is 0 Å². The topological polar surface area (TPSA) is 127 Å². The molecule has 2 atom stereocenters. The maximum Gasteiger partial charge on any atom is 0.407 e. The fourth-order valence-electron chi connectivity index (χ4n) is 7.76. The van der Waals surface area contributed by atoms with Gasteiger partial charge in [0.25, 0.3) is 5.56 Å². The van der Waals surface area contributed by atoms with Gasteiger partial charge in [-0.1, -0.05) is 42.5 Å². The smallest absolute Gasteiger partial charge is 0.407 e. The van der Waals surface area contributed by atoms with Crippen LogP contribution in [0.5, 0.6) is 0 Å². The summed E-state index contributed by atoms with van der Waals surface area (Å²) in [5.41, 5.74) is 2.32. The SMILES string of the molecule is CN1CCN(Cc2cccc(-n3ccc4c(=O)n(CC5(O)CCN(C(=O)[C@@H]6CCN(C(=O)O)C[C@H]6c6ccccc6)CC5)cnc43)c2)CC1. The number of hydrogen-bond donors (Lipinski definition) is 2. The molecule has 2 N–H and O–H groups in total. The maximum atomic E-state index is 13.8. The first-order valence-corrected chi connectivity index (χ1v) is 17.3. The Morgan fingerprint density at radius 1 is 0.918 bits per heavy atom. The molecule has 2 amide bonds. The van der Waals surface area contributed by atoms with Gasteiger partial charge in [0.1, 0.15) is 6.33 Å². The summed E-state index contributed by atoms with van der Waals surface area (Å²) >= 11 is 0. The number of carbonyl (C=O) groups excluding carboxylic acids is 1. The molecule has 7 rings (SSSR count). The number of aromatic nitrogens is 3. The van der Waals surface area contributed by atoms with Crippen LogP contribution in [-0.2, 0) is 17.9 Å². The molecule has 12 nitrogen and oxygen atoms in total. The Morgan fingerprint density at radius 2 is 1.67 bits per heavy atom. The van der Waals surface area contributed by atoms with Crippen molar-refractivity contribution in [1.82, 2.24) is 33.7 Å². The maximum absolute atomic E-state index is 13.8. The van der Waals surface area contributed by atoms with Crippen molar-refractivity contribution in [3.63, 3.8) is 0 Å². The number of benzene rings is 2. The van der Waals surface area contributed by atoms with Crippen LogP contribution in [0.25, 0.3) is 16.7 Å². The van der Waals surface area contributed by atoms with Gasteiger partial charge in [-0.2, -0.15) is 0 Å². The fraction of sp³-hybridized carbons (Fsp3) is 0.459. The molecule has 5 heterocycles. The number of aliphatic hydroxyl groups is 1. The average molecular weight is 668 g/mol. The molecule has 2 aromatic carbocycles. The number of nitrogens with zero attached hydrogens (tertiary/aromatic N) is 7. The predicted molar refractivity (Wildman–Crippen MR) is 186 cm³/mol. The highest BCUT2D eigenvalue weighted by molar-refractivity contribution is 5.81. The standard InChI is InChI=1S/C37H45N7O5/c1-39-18-20-40(21-19-39)23-27-6-5-9-29(22-27)44-15-11-31-33(44)38-26-43(35(31)46)25-37(49)12-16-41(17-13-37)34(45)30-10-14-42(36(47)48)24-32(30)28-7-3-2-4-8-28/h2-9,11,15,22,26,30,32,49H,10,12-14,16-21,23-25H2,1H3,(H,47,48)/t30-,32+/m1/s1. The van der Waals surface area contributed by atoms with Crippen molar-refractivity contribution in [2.24, 2.45) is 5.92 Å². The van der Waals surface area contributed by atoms with E-state index >= 15 is 0 Å². The number of piperidine rings is 2. The van der Waals surface area contributed by atoms with E-state index in [0.29, 0.717) is 49.9 Å². The molecule has 3 aliphatic rings. The van der Waals surface area contributed by atoms with Gasteiger partial charge in [-0.15, -0.1) is 0 Å². The van der Waals surface area contributed by atoms with Gasteiger partial charge in [0, 0.05) is 82.6 Å². The predicted octanol–water partition coefficient (Wildman–Crippen LogP) is 3.07. The highest BCUT2D eigenvalue weighted by Gasteiger charge is 2.41. The van der Waals surface area contributed by atoms with Gasteiger partial charge >= 0.3 is 6.09 Å². The lowest BCUT2D eigenvalue weighted by Gasteiger charge is -2.42. The van der Waals surface area contributed by atoms with Crippen LogP contribution in [0, 0.1) is 5.92 Å². The fourth-order valence-corrected chi connectivity index (χ4v) is 7.76. The van der Waals surface area contributed by atoms with Gasteiger partial charge in [0.05, 0.1) is 17.5 Å². The van der Waals surface area contributed by atoms with Gasteiger partial charge < -0.3 is 29.5 Å². The van der Waals surface area contributed by atoms with Gasteiger partial charge in [-0.25, -0.2) is 9.78 Å². The third-order valence-corrected chi connectivity index (χ3v) is 10.8. The minimum Gasteiger partial charge on any atom is -0.465 e. The lowest BCUT2D eigenvalue weighted by Crippen LogP contribution is -2.53. The molecule has 0 radical (unpaired) electrons. The van der Waals surface area contributed by atoms with Crippen LogP contribution in [-0.4, -0.2) is 121 Å². The Morgan fingerprint density at radius 3 is 2.41 bits per heavy atom. The monoisotopic (exact) mass is 667 g/mol. The molecule has 2 aromatic heterocycles. The van der Waals surface area contributed by atoms with E-state index in [0.717, 1.165) is 44.0 Å². The quantitative estimate of drug-likeness (QED) is 0.308. The normalized spacial score (nSPS) is 22.0. The zero-order chi connectivity index (χ0) is 34.1. The summed E-state index contributed by atoms with van der Waals surface area (Å²) in [6.07, 6.45) is 3.53. The molecule has 0 spiro atoms. The van der Waals surface area contributed by atoms with Crippen molar-refractivity contribution in [2.75, 3.05) is 59.4 Å². The molecule has 0 aliphatic carbocycles. The molecule has 258 valence electrons. The average Bonchev–Trinajstić information content (AvgIpc) is 3.56. The van der Waals surface area contributed by atoms with E-state index in [4.69, 9.17) is 0 Å². The van der Waals surface area contributed by atoms with Crippen LogP contribution in [0.1, 0.15) is 36.3 Å². The lowest BCUT2D eigenvalue weighted by atomic mass is 9.79. The largest absolute Gasteiger partial charge is 0.465 e. The Hall–Kier alpha value is -4.52. The number of fused-ring (bicyclic) bond motifs is 1. The first-order chi connectivity index (χ1) is 23.7. The number of rotatable bonds is 7. The first kappa shape index (κ1) is 33.0. The molecule has 3 aliphatic heterocycles. The van der Waals surface area contributed by atoms with Crippen molar-refractivity contribution in [3.05, 3.63) is 94.7 Å². The van der Waals surface area contributed by atoms with Crippen LogP contribution in [0.2, 0.25) is 0 Å². The molecular formula is C37H45N7O5. The summed E-state index contributed by atoms with van der Waals surface area (Å²) in [7, 11) is 2.15. The van der Waals surface area contributed by atoms with E-state index in [1.165, 1.54) is 21.4 Å². The van der Waals surface area contributed by atoms with E-state index in [9.17, 15) is 24.6 Å². The van der Waals surface area contributed by atoms with E-state index < -0.39 is 11.7 Å². The third kappa shape index (κ3) is 6.99. The van der Waals surface area contributed by atoms with Crippen LogP contribution in [0.4, 0.5) is 4.79 Å². The first-order valence-electron chi connectivity index (χ1n) is 17.3. The van der Waals surface area contributed by atoms with Gasteiger partial charge in [-0.05, 0) is 55.6 Å². The number of amides is 2. The van der Waals surface area contributed by atoms with E-state index in [1.807, 2.05) is 53.2 Å². The zero-order valence-corrected chi connectivity index (χ0v) is 28.0. The minimum atomic E-state index is -1.17. The Labute approximate surface area is 285 Å². The lowest BCUT2D eigenvalue weighted by molar-refractivity contribution is -0.142. The molecule has 49 heavy (non-hydrogen) atoms. The summed E-state index contributed by atoms with van der Waals surface area (Å²) in [6.45, 7) is 6.48. The van der Waals surface area contributed by atoms with Crippen molar-refractivity contribution < 1.29 is 19.8 Å². The Kier molecular flexibility index (Phi) is 9.27. The summed E-state index contributed by atoms with van der Waals surface area (Å²) < 4.78 is 3.43. The third-order valence-electron chi connectivity index (χ3n) is 10.8. The second kappa shape index (κ2) is 13.8. The van der Waals surface area contributed by atoms with Crippen molar-refractivity contribution >= 4 is 23.0 Å². The summed E-state index contributed by atoms with van der Waals surface area (Å²) in [6, 6.07) is 19.8. The van der Waals surface area contributed by atoms with Crippen LogP contribution >= 0.6 is 0 Å². The van der Waals surface area contributed by atoms with E-state index in [2.05, 4.69) is 34.0 Å². The van der Waals surface area contributed by atoms with Crippen LogP contribution in [0.15, 0.2) is 78.0 Å². The summed E-state index contributed by atoms with van der Waals surface area (Å²) in [5.74, 6) is -0.576. The van der Waals surface area contributed by atoms with E-state index in [-0.39, 0.29) is 36.4 Å². The molecule has 0 saturated carbocycles. The number of hydrogen-bond acceptors (Lipinski definition) is 7. The Bertz CT molecular complexity index is 1860. The highest BCUT2D eigenvalue weighted by atomic mass is 16.4. The molecule has 3 fully saturated rings. The second-order valence-electron chi connectivity index (χ2n) is 14.0. The number of likely N-dealkylation sites (N-methyl/N-ethyl adjacent to an activating group) is 1. The molecule has 12 heteroatoms. The number of carbonyl (C=O) groups is 2. The van der Waals surface area contributed by atoms with Crippen molar-refractivity contribution in [1.29, 1.82) is 0 Å². The Balaban J connectivity index is 1.02. The van der Waals surface area contributed by atoms with Crippen LogP contribution < -0.4 is 5.56 Å². The summed E-state index contributed by atoms with van der Waals surface area (Å²) in [4.78, 5) is 51.9. The van der Waals surface area contributed by atoms with Gasteiger partial charge in [-0.3, -0.25) is 19.1 Å². The second-order valence-corrected chi connectivity index (χ2v) is 14.0. The van der Waals surface area contributed by atoms with Crippen molar-refractivity contribution in [2.45, 2.75) is 43.9 Å².